The lowest BCUT2D eigenvalue weighted by molar-refractivity contribution is -0.145. The maximum atomic E-state index is 13.0. The van der Waals surface area contributed by atoms with Crippen LogP contribution in [0.4, 0.5) is 8.78 Å². The number of hydrogen-bond acceptors (Lipinski definition) is 3. The Kier molecular flexibility index (Phi) is 6.09. The summed E-state index contributed by atoms with van der Waals surface area (Å²) in [7, 11) is 1.54. The van der Waals surface area contributed by atoms with Gasteiger partial charge in [-0.2, -0.15) is 0 Å². The van der Waals surface area contributed by atoms with Gasteiger partial charge in [0.25, 0.3) is 0 Å². The molecule has 0 aliphatic rings. The van der Waals surface area contributed by atoms with Gasteiger partial charge in [0.15, 0.2) is 11.6 Å². The normalized spacial score (nSPS) is 10.2. The van der Waals surface area contributed by atoms with Crippen molar-refractivity contribution in [2.45, 2.75) is 26.3 Å². The molecule has 0 radical (unpaired) electrons. The van der Waals surface area contributed by atoms with Crippen LogP contribution >= 0.6 is 0 Å². The van der Waals surface area contributed by atoms with E-state index in [0.717, 1.165) is 12.1 Å². The van der Waals surface area contributed by atoms with Crippen molar-refractivity contribution in [3.8, 4) is 0 Å². The summed E-state index contributed by atoms with van der Waals surface area (Å²) >= 11 is 0. The molecule has 0 fully saturated rings. The topological polar surface area (TPSA) is 46.6 Å². The maximum absolute atomic E-state index is 13.0. The fourth-order valence-electron chi connectivity index (χ4n) is 1.63. The monoisotopic (exact) mass is 285 g/mol. The van der Waals surface area contributed by atoms with Crippen molar-refractivity contribution in [2.24, 2.45) is 0 Å². The number of benzene rings is 1. The van der Waals surface area contributed by atoms with Crippen LogP contribution < -0.4 is 0 Å². The molecule has 0 spiro atoms. The fourth-order valence-corrected chi connectivity index (χ4v) is 1.63. The van der Waals surface area contributed by atoms with Crippen LogP contribution in [0.3, 0.4) is 0 Å². The lowest BCUT2D eigenvalue weighted by Crippen LogP contribution is -2.26. The highest BCUT2D eigenvalue weighted by atomic mass is 19.2. The van der Waals surface area contributed by atoms with E-state index in [1.165, 1.54) is 18.0 Å². The SMILES string of the molecule is CCOC(=O)CCC(=O)N(C)Cc1ccc(F)c(F)c1. The Morgan fingerprint density at radius 2 is 1.90 bits per heavy atom. The molecule has 0 saturated carbocycles. The number of nitrogens with zero attached hydrogens (tertiary/aromatic N) is 1. The summed E-state index contributed by atoms with van der Waals surface area (Å²) in [5.74, 6) is -2.57. The first-order valence-corrected chi connectivity index (χ1v) is 6.27. The highest BCUT2D eigenvalue weighted by Gasteiger charge is 2.13. The standard InChI is InChI=1S/C14H17F2NO3/c1-3-20-14(19)7-6-13(18)17(2)9-10-4-5-11(15)12(16)8-10/h4-5,8H,3,6-7,9H2,1-2H3. The molecule has 6 heteroatoms. The van der Waals surface area contributed by atoms with Gasteiger partial charge >= 0.3 is 5.97 Å². The van der Waals surface area contributed by atoms with Gasteiger partial charge in [-0.1, -0.05) is 6.07 Å². The van der Waals surface area contributed by atoms with E-state index >= 15 is 0 Å². The van der Waals surface area contributed by atoms with Crippen LogP contribution in [0.1, 0.15) is 25.3 Å². The number of ether oxygens (including phenoxy) is 1. The van der Waals surface area contributed by atoms with Gasteiger partial charge < -0.3 is 9.64 Å². The fraction of sp³-hybridized carbons (Fsp3) is 0.429. The van der Waals surface area contributed by atoms with Crippen molar-refractivity contribution >= 4 is 11.9 Å². The molecule has 0 aliphatic heterocycles. The molecule has 0 aromatic heterocycles. The van der Waals surface area contributed by atoms with E-state index < -0.39 is 17.6 Å². The van der Waals surface area contributed by atoms with E-state index in [4.69, 9.17) is 4.74 Å². The highest BCUT2D eigenvalue weighted by Crippen LogP contribution is 2.11. The number of amides is 1. The number of hydrogen-bond donors (Lipinski definition) is 0. The van der Waals surface area contributed by atoms with Crippen molar-refractivity contribution in [3.05, 3.63) is 35.4 Å². The molecule has 0 bridgehead atoms. The van der Waals surface area contributed by atoms with Crippen molar-refractivity contribution in [1.29, 1.82) is 0 Å². The van der Waals surface area contributed by atoms with Crippen LogP contribution in [-0.4, -0.2) is 30.4 Å². The largest absolute Gasteiger partial charge is 0.466 e. The molecule has 0 saturated heterocycles. The Hall–Kier alpha value is -1.98. The Morgan fingerprint density at radius 3 is 2.50 bits per heavy atom. The molecule has 1 aromatic carbocycles. The number of carbonyl (C=O) groups excluding carboxylic acids is 2. The number of rotatable bonds is 6. The number of esters is 1. The molecule has 1 amide bonds. The van der Waals surface area contributed by atoms with Gasteiger partial charge in [0.1, 0.15) is 0 Å². The Labute approximate surface area is 116 Å². The molecule has 0 unspecified atom stereocenters. The van der Waals surface area contributed by atoms with Gasteiger partial charge in [-0.25, -0.2) is 8.78 Å². The van der Waals surface area contributed by atoms with Gasteiger partial charge in [-0.05, 0) is 24.6 Å². The lowest BCUT2D eigenvalue weighted by atomic mass is 10.2. The zero-order valence-corrected chi connectivity index (χ0v) is 11.5. The first-order valence-electron chi connectivity index (χ1n) is 6.27. The predicted molar refractivity (Wildman–Crippen MR) is 68.7 cm³/mol. The zero-order valence-electron chi connectivity index (χ0n) is 11.5. The molecule has 110 valence electrons. The minimum absolute atomic E-state index is 0.00872. The second-order valence-electron chi connectivity index (χ2n) is 4.30. The second kappa shape index (κ2) is 7.57. The zero-order chi connectivity index (χ0) is 15.1. The van der Waals surface area contributed by atoms with Crippen molar-refractivity contribution in [2.75, 3.05) is 13.7 Å². The minimum Gasteiger partial charge on any atom is -0.466 e. The summed E-state index contributed by atoms with van der Waals surface area (Å²) < 4.78 is 30.5. The Balaban J connectivity index is 2.48. The van der Waals surface area contributed by atoms with Gasteiger partial charge in [0.05, 0.1) is 13.0 Å². The first kappa shape index (κ1) is 16.1. The molecule has 1 aromatic rings. The summed E-state index contributed by atoms with van der Waals surface area (Å²) in [5.41, 5.74) is 0.482. The van der Waals surface area contributed by atoms with E-state index in [2.05, 4.69) is 0 Å². The number of carbonyl (C=O) groups is 2. The van der Waals surface area contributed by atoms with E-state index in [0.29, 0.717) is 5.56 Å². The Morgan fingerprint density at radius 1 is 1.20 bits per heavy atom. The van der Waals surface area contributed by atoms with Crippen LogP contribution in [0, 0.1) is 11.6 Å². The minimum atomic E-state index is -0.949. The summed E-state index contributed by atoms with van der Waals surface area (Å²) in [6.45, 7) is 2.12. The van der Waals surface area contributed by atoms with E-state index in [9.17, 15) is 18.4 Å². The third kappa shape index (κ3) is 4.95. The van der Waals surface area contributed by atoms with Crippen LogP contribution in [0.15, 0.2) is 18.2 Å². The molecular formula is C14H17F2NO3. The van der Waals surface area contributed by atoms with Crippen LogP contribution in [0.25, 0.3) is 0 Å². The van der Waals surface area contributed by atoms with E-state index in [-0.39, 0.29) is 31.9 Å². The first-order chi connectivity index (χ1) is 9.43. The third-order valence-electron chi connectivity index (χ3n) is 2.68. The molecule has 20 heavy (non-hydrogen) atoms. The summed E-state index contributed by atoms with van der Waals surface area (Å²) in [6, 6.07) is 3.47. The van der Waals surface area contributed by atoms with Crippen LogP contribution in [0.5, 0.6) is 0 Å². The summed E-state index contributed by atoms with van der Waals surface area (Å²) in [4.78, 5) is 24.2. The lowest BCUT2D eigenvalue weighted by Gasteiger charge is -2.17. The average Bonchev–Trinajstić information content (AvgIpc) is 2.40. The molecule has 0 N–H and O–H groups in total. The number of halogens is 2. The van der Waals surface area contributed by atoms with Gasteiger partial charge in [-0.3, -0.25) is 9.59 Å². The second-order valence-corrected chi connectivity index (χ2v) is 4.30. The molecule has 0 heterocycles. The van der Waals surface area contributed by atoms with Gasteiger partial charge in [0.2, 0.25) is 5.91 Å². The average molecular weight is 285 g/mol. The quantitative estimate of drug-likeness (QED) is 0.753. The molecular weight excluding hydrogens is 268 g/mol. The third-order valence-corrected chi connectivity index (χ3v) is 2.68. The molecule has 4 nitrogen and oxygen atoms in total. The maximum Gasteiger partial charge on any atom is 0.306 e. The van der Waals surface area contributed by atoms with Crippen molar-refractivity contribution < 1.29 is 23.1 Å². The van der Waals surface area contributed by atoms with Crippen LogP contribution in [-0.2, 0) is 20.9 Å². The Bertz CT molecular complexity index is 491. The summed E-state index contributed by atoms with van der Waals surface area (Å²) in [6.07, 6.45) is 0.0355. The molecule has 0 atom stereocenters. The van der Waals surface area contributed by atoms with Crippen molar-refractivity contribution in [1.82, 2.24) is 4.90 Å². The highest BCUT2D eigenvalue weighted by molar-refractivity contribution is 5.81. The summed E-state index contributed by atoms with van der Waals surface area (Å²) in [5, 5.41) is 0. The van der Waals surface area contributed by atoms with E-state index in [1.54, 1.807) is 6.92 Å². The van der Waals surface area contributed by atoms with Gasteiger partial charge in [0, 0.05) is 20.0 Å². The van der Waals surface area contributed by atoms with Gasteiger partial charge in [-0.15, -0.1) is 0 Å². The van der Waals surface area contributed by atoms with Crippen molar-refractivity contribution in [3.63, 3.8) is 0 Å². The smallest absolute Gasteiger partial charge is 0.306 e. The van der Waals surface area contributed by atoms with Crippen LogP contribution in [0.2, 0.25) is 0 Å². The molecule has 1 rings (SSSR count). The predicted octanol–water partition coefficient (Wildman–Crippen LogP) is 2.27. The molecule has 0 aliphatic carbocycles. The van der Waals surface area contributed by atoms with E-state index in [1.807, 2.05) is 0 Å².